The molecule has 1 aromatic rings. The summed E-state index contributed by atoms with van der Waals surface area (Å²) < 4.78 is 5.39. The van der Waals surface area contributed by atoms with Crippen LogP contribution >= 0.6 is 0 Å². The summed E-state index contributed by atoms with van der Waals surface area (Å²) >= 11 is 0. The zero-order chi connectivity index (χ0) is 15.8. The maximum absolute atomic E-state index is 5.67. The van der Waals surface area contributed by atoms with Crippen LogP contribution in [0.1, 0.15) is 41.0 Å². The predicted molar refractivity (Wildman–Crippen MR) is 85.5 cm³/mol. The molecule has 0 aliphatic rings. The van der Waals surface area contributed by atoms with E-state index in [0.717, 1.165) is 19.5 Å². The maximum atomic E-state index is 5.67. The van der Waals surface area contributed by atoms with Gasteiger partial charge in [0.25, 0.3) is 0 Å². The molecule has 7 heteroatoms. The highest BCUT2D eigenvalue weighted by Crippen LogP contribution is 2.09. The maximum Gasteiger partial charge on any atom is 0.323 e. The first-order valence-electron chi connectivity index (χ1n) is 7.58. The highest BCUT2D eigenvalue weighted by atomic mass is 16.5. The first-order valence-corrected chi connectivity index (χ1v) is 7.58. The first kappa shape index (κ1) is 17.4. The predicted octanol–water partition coefficient (Wildman–Crippen LogP) is 1.77. The molecular formula is C14H28N6O. The van der Waals surface area contributed by atoms with Crippen LogP contribution in [0.4, 0.5) is 11.9 Å². The molecule has 21 heavy (non-hydrogen) atoms. The Bertz CT molecular complexity index is 416. The van der Waals surface area contributed by atoms with Gasteiger partial charge in [-0.1, -0.05) is 6.92 Å². The van der Waals surface area contributed by atoms with E-state index in [1.165, 1.54) is 0 Å². The Morgan fingerprint density at radius 2 is 1.81 bits per heavy atom. The Kier molecular flexibility index (Phi) is 7.14. The van der Waals surface area contributed by atoms with Gasteiger partial charge >= 0.3 is 6.01 Å². The van der Waals surface area contributed by atoms with Gasteiger partial charge in [-0.2, -0.15) is 15.0 Å². The molecule has 0 unspecified atom stereocenters. The molecule has 0 aliphatic heterocycles. The molecule has 1 aromatic heterocycles. The van der Waals surface area contributed by atoms with Crippen LogP contribution in [0.15, 0.2) is 0 Å². The van der Waals surface area contributed by atoms with Crippen LogP contribution in [0.2, 0.25) is 0 Å². The molecule has 0 amide bonds. The molecule has 0 saturated carbocycles. The van der Waals surface area contributed by atoms with Crippen molar-refractivity contribution < 1.29 is 4.74 Å². The Morgan fingerprint density at radius 3 is 2.38 bits per heavy atom. The minimum atomic E-state index is 0.170. The number of nitrogens with zero attached hydrogens (tertiary/aromatic N) is 4. The molecule has 0 fully saturated rings. The summed E-state index contributed by atoms with van der Waals surface area (Å²) in [6.07, 6.45) is 0.895. The van der Waals surface area contributed by atoms with E-state index in [-0.39, 0.29) is 12.0 Å². The van der Waals surface area contributed by atoms with E-state index in [1.54, 1.807) is 0 Å². The number of nitrogens with two attached hydrogens (primary N) is 1. The third-order valence-electron chi connectivity index (χ3n) is 3.05. The van der Waals surface area contributed by atoms with Gasteiger partial charge in [0.2, 0.25) is 11.9 Å². The average Bonchev–Trinajstić information content (AvgIpc) is 2.40. The fourth-order valence-corrected chi connectivity index (χ4v) is 2.12. The smallest absolute Gasteiger partial charge is 0.323 e. The van der Waals surface area contributed by atoms with Gasteiger partial charge in [-0.05, 0) is 34.1 Å². The molecule has 0 aromatic carbocycles. The van der Waals surface area contributed by atoms with Gasteiger partial charge in [0.1, 0.15) is 0 Å². The lowest BCUT2D eigenvalue weighted by Crippen LogP contribution is -2.40. The summed E-state index contributed by atoms with van der Waals surface area (Å²) in [5.74, 6) is 0.629. The third-order valence-corrected chi connectivity index (χ3v) is 3.05. The van der Waals surface area contributed by atoms with Crippen molar-refractivity contribution in [1.82, 2.24) is 19.9 Å². The largest absolute Gasteiger partial charge is 0.463 e. The Hall–Kier alpha value is -1.63. The van der Waals surface area contributed by atoms with Crippen LogP contribution in [-0.4, -0.2) is 51.6 Å². The topological polar surface area (TPSA) is 89.2 Å². The van der Waals surface area contributed by atoms with Gasteiger partial charge in [0, 0.05) is 25.2 Å². The molecule has 3 N–H and O–H groups in total. The second kappa shape index (κ2) is 8.61. The van der Waals surface area contributed by atoms with E-state index in [2.05, 4.69) is 52.9 Å². The fraction of sp³-hybridized carbons (Fsp3) is 0.786. The second-order valence-corrected chi connectivity index (χ2v) is 5.50. The van der Waals surface area contributed by atoms with Gasteiger partial charge in [0.05, 0.1) is 6.61 Å². The average molecular weight is 296 g/mol. The lowest BCUT2D eigenvalue weighted by Gasteiger charge is -2.30. The number of nitrogen functional groups attached to an aromatic ring is 1. The van der Waals surface area contributed by atoms with Crippen LogP contribution in [0.5, 0.6) is 6.01 Å². The number of hydrogen-bond acceptors (Lipinski definition) is 7. The Labute approximate surface area is 127 Å². The first-order chi connectivity index (χ1) is 9.93. The van der Waals surface area contributed by atoms with Crippen molar-refractivity contribution in [2.45, 2.75) is 53.1 Å². The molecule has 0 spiro atoms. The monoisotopic (exact) mass is 296 g/mol. The van der Waals surface area contributed by atoms with E-state index >= 15 is 0 Å². The normalized spacial score (nSPS) is 11.4. The van der Waals surface area contributed by atoms with Gasteiger partial charge in [0.15, 0.2) is 0 Å². The van der Waals surface area contributed by atoms with E-state index in [1.807, 2.05) is 6.92 Å². The van der Waals surface area contributed by atoms with Gasteiger partial charge in [-0.25, -0.2) is 0 Å². The zero-order valence-electron chi connectivity index (χ0n) is 13.8. The van der Waals surface area contributed by atoms with Crippen molar-refractivity contribution in [2.75, 3.05) is 30.7 Å². The quantitative estimate of drug-likeness (QED) is 0.718. The number of aromatic nitrogens is 3. The van der Waals surface area contributed by atoms with E-state index < -0.39 is 0 Å². The van der Waals surface area contributed by atoms with Crippen molar-refractivity contribution >= 4 is 11.9 Å². The third kappa shape index (κ3) is 6.12. The minimum Gasteiger partial charge on any atom is -0.463 e. The molecular weight excluding hydrogens is 268 g/mol. The summed E-state index contributed by atoms with van der Waals surface area (Å²) in [5, 5.41) is 3.18. The fourth-order valence-electron chi connectivity index (χ4n) is 2.12. The van der Waals surface area contributed by atoms with Crippen LogP contribution in [0.25, 0.3) is 0 Å². The SMILES string of the molecule is CCCOc1nc(N)nc(NCCN(C(C)C)C(C)C)n1. The summed E-state index contributed by atoms with van der Waals surface area (Å²) in [4.78, 5) is 14.6. The van der Waals surface area contributed by atoms with Crippen molar-refractivity contribution in [1.29, 1.82) is 0 Å². The molecule has 0 radical (unpaired) electrons. The van der Waals surface area contributed by atoms with Crippen molar-refractivity contribution in [2.24, 2.45) is 0 Å². The van der Waals surface area contributed by atoms with Crippen LogP contribution in [0, 0.1) is 0 Å². The van der Waals surface area contributed by atoms with Crippen molar-refractivity contribution in [3.63, 3.8) is 0 Å². The molecule has 7 nitrogen and oxygen atoms in total. The van der Waals surface area contributed by atoms with E-state index in [4.69, 9.17) is 10.5 Å². The van der Waals surface area contributed by atoms with E-state index in [0.29, 0.717) is 24.6 Å². The number of rotatable bonds is 9. The number of nitrogens with one attached hydrogen (secondary N) is 1. The van der Waals surface area contributed by atoms with Crippen LogP contribution in [0.3, 0.4) is 0 Å². The summed E-state index contributed by atoms with van der Waals surface area (Å²) in [6.45, 7) is 13.0. The zero-order valence-corrected chi connectivity index (χ0v) is 13.8. The van der Waals surface area contributed by atoms with Gasteiger partial charge in [-0.15, -0.1) is 0 Å². The Morgan fingerprint density at radius 1 is 1.14 bits per heavy atom. The Balaban J connectivity index is 2.56. The molecule has 1 rings (SSSR count). The van der Waals surface area contributed by atoms with E-state index in [9.17, 15) is 0 Å². The number of anilines is 2. The van der Waals surface area contributed by atoms with Crippen LogP contribution < -0.4 is 15.8 Å². The van der Waals surface area contributed by atoms with Gasteiger partial charge in [-0.3, -0.25) is 4.90 Å². The van der Waals surface area contributed by atoms with Crippen LogP contribution in [-0.2, 0) is 0 Å². The standard InChI is InChI=1S/C14H28N6O/c1-6-9-21-14-18-12(15)17-13(19-14)16-7-8-20(10(2)3)11(4)5/h10-11H,6-9H2,1-5H3,(H3,15,16,17,18,19). The lowest BCUT2D eigenvalue weighted by atomic mass is 10.2. The highest BCUT2D eigenvalue weighted by Gasteiger charge is 2.13. The summed E-state index contributed by atoms with van der Waals surface area (Å²) in [5.41, 5.74) is 5.67. The molecule has 0 bridgehead atoms. The molecule has 0 saturated heterocycles. The van der Waals surface area contributed by atoms with Gasteiger partial charge < -0.3 is 15.8 Å². The molecule has 1 heterocycles. The molecule has 120 valence electrons. The summed E-state index contributed by atoms with van der Waals surface area (Å²) in [6, 6.07) is 1.27. The summed E-state index contributed by atoms with van der Waals surface area (Å²) in [7, 11) is 0. The molecule has 0 aliphatic carbocycles. The lowest BCUT2D eigenvalue weighted by molar-refractivity contribution is 0.182. The highest BCUT2D eigenvalue weighted by molar-refractivity contribution is 5.32. The second-order valence-electron chi connectivity index (χ2n) is 5.50. The number of hydrogen-bond donors (Lipinski definition) is 2. The minimum absolute atomic E-state index is 0.170. The van der Waals surface area contributed by atoms with Crippen molar-refractivity contribution in [3.05, 3.63) is 0 Å². The van der Waals surface area contributed by atoms with Crippen molar-refractivity contribution in [3.8, 4) is 6.01 Å². The number of ether oxygens (including phenoxy) is 1. The molecule has 0 atom stereocenters.